The quantitative estimate of drug-likeness (QED) is 0.417. The van der Waals surface area contributed by atoms with Crippen molar-refractivity contribution in [1.82, 2.24) is 14.7 Å². The van der Waals surface area contributed by atoms with E-state index in [1.165, 1.54) is 4.90 Å². The van der Waals surface area contributed by atoms with Crippen LogP contribution in [0.2, 0.25) is 0 Å². The van der Waals surface area contributed by atoms with Crippen molar-refractivity contribution in [2.24, 2.45) is 11.8 Å². The van der Waals surface area contributed by atoms with Crippen molar-refractivity contribution in [3.05, 3.63) is 12.7 Å². The maximum absolute atomic E-state index is 14.0. The van der Waals surface area contributed by atoms with Crippen LogP contribution in [0.25, 0.3) is 0 Å². The smallest absolute Gasteiger partial charge is 0.310 e. The van der Waals surface area contributed by atoms with Crippen molar-refractivity contribution < 1.29 is 34.1 Å². The van der Waals surface area contributed by atoms with E-state index in [2.05, 4.69) is 11.5 Å². The SMILES string of the molecule is C=CCN(CCN1CCOCC1)C(=O)C1N(CCCO)C(=O)[C@@H]2[C@@H](C(=O)O)[C@@]3(C)CCC12O3. The number of likely N-dealkylation sites (tertiary alicyclic amines) is 1. The van der Waals surface area contributed by atoms with E-state index in [0.29, 0.717) is 52.1 Å². The van der Waals surface area contributed by atoms with Crippen LogP contribution in [0.3, 0.4) is 0 Å². The van der Waals surface area contributed by atoms with Gasteiger partial charge in [0, 0.05) is 45.9 Å². The third-order valence-corrected chi connectivity index (χ3v) is 7.78. The number of nitrogens with zero attached hydrogens (tertiary/aromatic N) is 3. The van der Waals surface area contributed by atoms with Gasteiger partial charge in [0.05, 0.1) is 30.7 Å². The van der Waals surface area contributed by atoms with Gasteiger partial charge in [-0.05, 0) is 26.2 Å². The van der Waals surface area contributed by atoms with Crippen LogP contribution in [0.1, 0.15) is 26.2 Å². The van der Waals surface area contributed by atoms with Crippen LogP contribution in [-0.2, 0) is 23.9 Å². The molecule has 0 aromatic heterocycles. The molecule has 4 fully saturated rings. The number of carbonyl (C=O) groups is 3. The third kappa shape index (κ3) is 3.96. The van der Waals surface area contributed by atoms with Gasteiger partial charge < -0.3 is 29.5 Å². The number of rotatable bonds is 10. The number of aliphatic carboxylic acids is 1. The standard InChI is InChI=1S/C23H35N3O7/c1-3-7-25(10-9-24-11-14-32-15-12-24)20(29)18-23-6-5-22(2,33-23)17(21(30)31)16(23)19(28)26(18)8-4-13-27/h3,16-18,27H,1,4-15H2,2H3,(H,30,31)/t16-,17-,18?,22+,23?/m0/s1. The van der Waals surface area contributed by atoms with E-state index in [1.807, 2.05) is 0 Å². The number of carboxylic acid groups (broad SMARTS) is 1. The van der Waals surface area contributed by atoms with Crippen LogP contribution in [0.4, 0.5) is 0 Å². The number of fused-ring (bicyclic) bond motifs is 1. The van der Waals surface area contributed by atoms with Gasteiger partial charge in [0.15, 0.2) is 0 Å². The minimum atomic E-state index is -1.15. The van der Waals surface area contributed by atoms with Gasteiger partial charge in [-0.3, -0.25) is 19.3 Å². The Labute approximate surface area is 194 Å². The molecule has 10 heteroatoms. The number of aliphatic hydroxyl groups is 1. The predicted molar refractivity (Wildman–Crippen MR) is 117 cm³/mol. The predicted octanol–water partition coefficient (Wildman–Crippen LogP) is -0.435. The molecule has 2 bridgehead atoms. The van der Waals surface area contributed by atoms with Crippen molar-refractivity contribution in [3.8, 4) is 0 Å². The van der Waals surface area contributed by atoms with Crippen LogP contribution in [0.15, 0.2) is 12.7 Å². The highest BCUT2D eigenvalue weighted by Crippen LogP contribution is 2.63. The van der Waals surface area contributed by atoms with E-state index in [4.69, 9.17) is 9.47 Å². The van der Waals surface area contributed by atoms with Crippen molar-refractivity contribution in [2.45, 2.75) is 43.4 Å². The Hall–Kier alpha value is -2.01. The highest BCUT2D eigenvalue weighted by Gasteiger charge is 2.78. The molecule has 0 saturated carbocycles. The van der Waals surface area contributed by atoms with Gasteiger partial charge in [-0.25, -0.2) is 0 Å². The van der Waals surface area contributed by atoms with Gasteiger partial charge in [-0.2, -0.15) is 0 Å². The molecular formula is C23H35N3O7. The summed E-state index contributed by atoms with van der Waals surface area (Å²) in [5, 5.41) is 19.3. The molecule has 0 aliphatic carbocycles. The zero-order valence-corrected chi connectivity index (χ0v) is 19.3. The van der Waals surface area contributed by atoms with Crippen molar-refractivity contribution in [3.63, 3.8) is 0 Å². The first-order chi connectivity index (χ1) is 15.8. The Morgan fingerprint density at radius 2 is 2.00 bits per heavy atom. The van der Waals surface area contributed by atoms with E-state index < -0.39 is 35.0 Å². The topological polar surface area (TPSA) is 120 Å². The van der Waals surface area contributed by atoms with Crippen LogP contribution >= 0.6 is 0 Å². The summed E-state index contributed by atoms with van der Waals surface area (Å²) in [5.74, 6) is -3.56. The summed E-state index contributed by atoms with van der Waals surface area (Å²) < 4.78 is 11.8. The molecule has 0 aromatic carbocycles. The summed E-state index contributed by atoms with van der Waals surface area (Å²) in [6, 6.07) is -0.905. The fraction of sp³-hybridized carbons (Fsp3) is 0.783. The summed E-state index contributed by atoms with van der Waals surface area (Å²) >= 11 is 0. The van der Waals surface area contributed by atoms with Gasteiger partial charge in [0.25, 0.3) is 0 Å². The first-order valence-corrected chi connectivity index (χ1v) is 11.8. The molecule has 2 unspecified atom stereocenters. The molecule has 4 rings (SSSR count). The number of hydrogen-bond acceptors (Lipinski definition) is 7. The van der Waals surface area contributed by atoms with E-state index in [9.17, 15) is 24.6 Å². The van der Waals surface area contributed by atoms with Gasteiger partial charge in [0.2, 0.25) is 11.8 Å². The van der Waals surface area contributed by atoms with Crippen molar-refractivity contribution in [2.75, 3.05) is 59.1 Å². The molecule has 0 radical (unpaired) electrons. The lowest BCUT2D eigenvalue weighted by atomic mass is 9.66. The summed E-state index contributed by atoms with van der Waals surface area (Å²) in [6.07, 6.45) is 2.92. The molecular weight excluding hydrogens is 430 g/mol. The molecule has 4 heterocycles. The Bertz CT molecular complexity index is 801. The fourth-order valence-corrected chi connectivity index (χ4v) is 6.27. The molecule has 4 aliphatic rings. The molecule has 5 atom stereocenters. The first-order valence-electron chi connectivity index (χ1n) is 11.8. The lowest BCUT2D eigenvalue weighted by molar-refractivity contribution is -0.156. The minimum Gasteiger partial charge on any atom is -0.481 e. The molecule has 4 aliphatic heterocycles. The second-order valence-electron chi connectivity index (χ2n) is 9.70. The second-order valence-corrected chi connectivity index (χ2v) is 9.70. The molecule has 1 spiro atoms. The van der Waals surface area contributed by atoms with Crippen LogP contribution < -0.4 is 0 Å². The van der Waals surface area contributed by atoms with Gasteiger partial charge in [0.1, 0.15) is 11.6 Å². The summed E-state index contributed by atoms with van der Waals surface area (Å²) in [4.78, 5) is 45.1. The van der Waals surface area contributed by atoms with Crippen LogP contribution in [0.5, 0.6) is 0 Å². The average molecular weight is 466 g/mol. The maximum atomic E-state index is 14.0. The van der Waals surface area contributed by atoms with Crippen molar-refractivity contribution in [1.29, 1.82) is 0 Å². The van der Waals surface area contributed by atoms with Gasteiger partial charge >= 0.3 is 5.97 Å². The summed E-state index contributed by atoms with van der Waals surface area (Å²) in [6.45, 7) is 9.97. The number of hydrogen-bond donors (Lipinski definition) is 2. The Balaban J connectivity index is 1.63. The normalized spacial score (nSPS) is 35.6. The Morgan fingerprint density at radius 3 is 2.64 bits per heavy atom. The molecule has 184 valence electrons. The lowest BCUT2D eigenvalue weighted by Gasteiger charge is -2.37. The second kappa shape index (κ2) is 9.32. The zero-order chi connectivity index (χ0) is 23.8. The minimum absolute atomic E-state index is 0.128. The Kier molecular flexibility index (Phi) is 6.82. The number of amides is 2. The first kappa shape index (κ1) is 24.1. The lowest BCUT2D eigenvalue weighted by Crippen LogP contribution is -2.57. The summed E-state index contributed by atoms with van der Waals surface area (Å²) in [7, 11) is 0. The Morgan fingerprint density at radius 1 is 1.27 bits per heavy atom. The summed E-state index contributed by atoms with van der Waals surface area (Å²) in [5.41, 5.74) is -2.12. The van der Waals surface area contributed by atoms with Gasteiger partial charge in [-0.15, -0.1) is 6.58 Å². The molecule has 4 saturated heterocycles. The molecule has 2 N–H and O–H groups in total. The van der Waals surface area contributed by atoms with E-state index in [0.717, 1.165) is 13.1 Å². The average Bonchev–Trinajstić information content (AvgIpc) is 3.36. The molecule has 33 heavy (non-hydrogen) atoms. The van der Waals surface area contributed by atoms with E-state index >= 15 is 0 Å². The fourth-order valence-electron chi connectivity index (χ4n) is 6.27. The monoisotopic (exact) mass is 465 g/mol. The van der Waals surface area contributed by atoms with E-state index in [-0.39, 0.29) is 25.0 Å². The zero-order valence-electron chi connectivity index (χ0n) is 19.3. The molecule has 2 amide bonds. The van der Waals surface area contributed by atoms with Crippen LogP contribution in [0, 0.1) is 11.8 Å². The number of carboxylic acids is 1. The van der Waals surface area contributed by atoms with Crippen molar-refractivity contribution >= 4 is 17.8 Å². The third-order valence-electron chi connectivity index (χ3n) is 7.78. The molecule has 10 nitrogen and oxygen atoms in total. The number of aliphatic hydroxyl groups excluding tert-OH is 1. The highest BCUT2D eigenvalue weighted by atomic mass is 16.5. The van der Waals surface area contributed by atoms with Crippen LogP contribution in [-0.4, -0.2) is 119 Å². The largest absolute Gasteiger partial charge is 0.481 e. The number of carbonyl (C=O) groups excluding carboxylic acids is 2. The van der Waals surface area contributed by atoms with Gasteiger partial charge in [-0.1, -0.05) is 6.08 Å². The highest BCUT2D eigenvalue weighted by molar-refractivity contribution is 5.98. The van der Waals surface area contributed by atoms with E-state index in [1.54, 1.807) is 17.9 Å². The number of morpholine rings is 1. The maximum Gasteiger partial charge on any atom is 0.310 e. The molecule has 0 aromatic rings. The number of ether oxygens (including phenoxy) is 2.